The third-order valence-electron chi connectivity index (χ3n) is 4.47. The number of rotatable bonds is 1. The molecule has 0 saturated heterocycles. The summed E-state index contributed by atoms with van der Waals surface area (Å²) in [6.45, 7) is 6.84. The van der Waals surface area contributed by atoms with Gasteiger partial charge in [-0.3, -0.25) is 4.79 Å². The minimum atomic E-state index is 0.323. The smallest absolute Gasteiger partial charge is 0.139 e. The van der Waals surface area contributed by atoms with Gasteiger partial charge in [-0.25, -0.2) is 0 Å². The summed E-state index contributed by atoms with van der Waals surface area (Å²) in [6.07, 6.45) is 8.69. The summed E-state index contributed by atoms with van der Waals surface area (Å²) in [5.41, 5.74) is 0.351. The van der Waals surface area contributed by atoms with Crippen molar-refractivity contribution in [1.29, 1.82) is 0 Å². The number of ketones is 1. The molecule has 0 aromatic heterocycles. The van der Waals surface area contributed by atoms with Crippen LogP contribution >= 0.6 is 0 Å². The van der Waals surface area contributed by atoms with Gasteiger partial charge in [0.25, 0.3) is 0 Å². The van der Waals surface area contributed by atoms with Gasteiger partial charge in [0.05, 0.1) is 0 Å². The lowest BCUT2D eigenvalue weighted by atomic mass is 9.56. The molecule has 0 spiro atoms. The van der Waals surface area contributed by atoms with Crippen molar-refractivity contribution in [2.45, 2.75) is 46.5 Å². The molecule has 0 amide bonds. The van der Waals surface area contributed by atoms with Crippen LogP contribution in [0.2, 0.25) is 0 Å². The Bertz CT molecular complexity index is 288. The maximum absolute atomic E-state index is 12.2. The van der Waals surface area contributed by atoms with E-state index in [9.17, 15) is 4.79 Å². The van der Waals surface area contributed by atoms with Gasteiger partial charge >= 0.3 is 0 Å². The highest BCUT2D eigenvalue weighted by atomic mass is 16.1. The predicted octanol–water partition coefficient (Wildman–Crippen LogP) is 3.59. The summed E-state index contributed by atoms with van der Waals surface area (Å²) in [6, 6.07) is 0. The molecular weight excluding hydrogens is 184 g/mol. The van der Waals surface area contributed by atoms with Crippen molar-refractivity contribution in [3.05, 3.63) is 12.2 Å². The molecule has 1 saturated carbocycles. The zero-order chi connectivity index (χ0) is 11.1. The summed E-state index contributed by atoms with van der Waals surface area (Å²) < 4.78 is 0. The van der Waals surface area contributed by atoms with Gasteiger partial charge < -0.3 is 0 Å². The summed E-state index contributed by atoms with van der Waals surface area (Å²) in [5.74, 6) is 1.79. The van der Waals surface area contributed by atoms with Gasteiger partial charge in [-0.15, -0.1) is 0 Å². The quantitative estimate of drug-likeness (QED) is 0.599. The number of carbonyl (C=O) groups is 1. The largest absolute Gasteiger partial charge is 0.299 e. The zero-order valence-electron chi connectivity index (χ0n) is 10.1. The first-order chi connectivity index (χ1) is 7.06. The van der Waals surface area contributed by atoms with Crippen molar-refractivity contribution in [1.82, 2.24) is 0 Å². The van der Waals surface area contributed by atoms with E-state index in [0.717, 1.165) is 25.7 Å². The van der Waals surface area contributed by atoms with E-state index in [2.05, 4.69) is 32.9 Å². The first kappa shape index (κ1) is 10.9. The molecule has 2 aliphatic carbocycles. The van der Waals surface area contributed by atoms with E-state index >= 15 is 0 Å². The molecule has 84 valence electrons. The van der Waals surface area contributed by atoms with E-state index < -0.39 is 0 Å². The Labute approximate surface area is 92.9 Å². The van der Waals surface area contributed by atoms with Crippen LogP contribution in [-0.2, 0) is 4.79 Å². The normalized spacial score (nSPS) is 38.9. The Morgan fingerprint density at radius 2 is 2.00 bits per heavy atom. The van der Waals surface area contributed by atoms with Crippen LogP contribution in [0.5, 0.6) is 0 Å². The molecule has 0 bridgehead atoms. The van der Waals surface area contributed by atoms with Gasteiger partial charge in [-0.1, -0.05) is 32.9 Å². The lowest BCUT2D eigenvalue weighted by Gasteiger charge is -2.47. The second kappa shape index (κ2) is 3.77. The van der Waals surface area contributed by atoms with Crippen LogP contribution in [0.25, 0.3) is 0 Å². The van der Waals surface area contributed by atoms with E-state index in [0.29, 0.717) is 29.0 Å². The predicted molar refractivity (Wildman–Crippen MR) is 62.5 cm³/mol. The second-order valence-electron chi connectivity index (χ2n) is 5.86. The average Bonchev–Trinajstić information content (AvgIpc) is 2.24. The molecule has 2 rings (SSSR count). The van der Waals surface area contributed by atoms with Crippen LogP contribution in [0.3, 0.4) is 0 Å². The Balaban J connectivity index is 2.27. The monoisotopic (exact) mass is 206 g/mol. The molecule has 1 fully saturated rings. The van der Waals surface area contributed by atoms with Crippen LogP contribution in [0, 0.1) is 23.2 Å². The Hall–Kier alpha value is -0.590. The number of Topliss-reactive ketones (excluding diaryl/α,β-unsaturated/α-hetero) is 1. The zero-order valence-corrected chi connectivity index (χ0v) is 10.1. The molecule has 0 radical (unpaired) electrons. The standard InChI is InChI=1S/C14H22O/c1-4-10-9-14(2,3)12-8-6-5-7-11(12)13(10)15/h5-6,10-12H,4,7-9H2,1-3H3/t10?,11-,12+/m1/s1. The highest BCUT2D eigenvalue weighted by Crippen LogP contribution is 2.49. The van der Waals surface area contributed by atoms with E-state index in [1.165, 1.54) is 0 Å². The molecule has 3 atom stereocenters. The molecule has 0 aromatic carbocycles. The summed E-state index contributed by atoms with van der Waals surface area (Å²) >= 11 is 0. The number of fused-ring (bicyclic) bond motifs is 1. The first-order valence-corrected chi connectivity index (χ1v) is 6.25. The Morgan fingerprint density at radius 1 is 1.33 bits per heavy atom. The fourth-order valence-electron chi connectivity index (χ4n) is 3.53. The Kier molecular flexibility index (Phi) is 2.74. The van der Waals surface area contributed by atoms with E-state index in [1.807, 2.05) is 0 Å². The van der Waals surface area contributed by atoms with Crippen LogP contribution in [0.1, 0.15) is 46.5 Å². The molecule has 1 nitrogen and oxygen atoms in total. The lowest BCUT2D eigenvalue weighted by Crippen LogP contribution is -2.45. The number of allylic oxidation sites excluding steroid dienone is 2. The fraction of sp³-hybridized carbons (Fsp3) is 0.786. The van der Waals surface area contributed by atoms with Crippen molar-refractivity contribution in [2.75, 3.05) is 0 Å². The van der Waals surface area contributed by atoms with Gasteiger partial charge in [0.15, 0.2) is 0 Å². The van der Waals surface area contributed by atoms with E-state index in [4.69, 9.17) is 0 Å². The van der Waals surface area contributed by atoms with Gasteiger partial charge in [-0.05, 0) is 37.0 Å². The van der Waals surface area contributed by atoms with E-state index in [1.54, 1.807) is 0 Å². The third-order valence-corrected chi connectivity index (χ3v) is 4.47. The third kappa shape index (κ3) is 1.77. The average molecular weight is 206 g/mol. The molecule has 1 unspecified atom stereocenters. The van der Waals surface area contributed by atoms with Crippen molar-refractivity contribution in [2.24, 2.45) is 23.2 Å². The maximum atomic E-state index is 12.2. The van der Waals surface area contributed by atoms with Gasteiger partial charge in [0, 0.05) is 11.8 Å². The molecule has 1 heteroatoms. The van der Waals surface area contributed by atoms with Crippen LogP contribution in [-0.4, -0.2) is 5.78 Å². The minimum absolute atomic E-state index is 0.323. The molecular formula is C14H22O. The van der Waals surface area contributed by atoms with Crippen molar-refractivity contribution >= 4 is 5.78 Å². The maximum Gasteiger partial charge on any atom is 0.139 e. The molecule has 0 aliphatic heterocycles. The van der Waals surface area contributed by atoms with Crippen LogP contribution < -0.4 is 0 Å². The van der Waals surface area contributed by atoms with E-state index in [-0.39, 0.29) is 0 Å². The van der Waals surface area contributed by atoms with Crippen LogP contribution in [0.15, 0.2) is 12.2 Å². The highest BCUT2D eigenvalue weighted by molar-refractivity contribution is 5.85. The number of carbonyl (C=O) groups excluding carboxylic acids is 1. The lowest BCUT2D eigenvalue weighted by molar-refractivity contribution is -0.137. The topological polar surface area (TPSA) is 17.1 Å². The van der Waals surface area contributed by atoms with Crippen molar-refractivity contribution in [3.8, 4) is 0 Å². The summed E-state index contributed by atoms with van der Waals surface area (Å²) in [5, 5.41) is 0. The van der Waals surface area contributed by atoms with Gasteiger partial charge in [0.2, 0.25) is 0 Å². The highest BCUT2D eigenvalue weighted by Gasteiger charge is 2.46. The fourth-order valence-corrected chi connectivity index (χ4v) is 3.53. The summed E-state index contributed by atoms with van der Waals surface area (Å²) in [4.78, 5) is 12.2. The molecule has 2 aliphatic rings. The molecule has 15 heavy (non-hydrogen) atoms. The summed E-state index contributed by atoms with van der Waals surface area (Å²) in [7, 11) is 0. The Morgan fingerprint density at radius 3 is 2.67 bits per heavy atom. The van der Waals surface area contributed by atoms with Gasteiger partial charge in [0.1, 0.15) is 5.78 Å². The van der Waals surface area contributed by atoms with Crippen LogP contribution in [0.4, 0.5) is 0 Å². The van der Waals surface area contributed by atoms with Crippen molar-refractivity contribution < 1.29 is 4.79 Å². The minimum Gasteiger partial charge on any atom is -0.299 e. The second-order valence-corrected chi connectivity index (χ2v) is 5.86. The number of hydrogen-bond donors (Lipinski definition) is 0. The van der Waals surface area contributed by atoms with Crippen molar-refractivity contribution in [3.63, 3.8) is 0 Å². The van der Waals surface area contributed by atoms with Gasteiger partial charge in [-0.2, -0.15) is 0 Å². The molecule has 0 N–H and O–H groups in total. The molecule has 0 heterocycles. The first-order valence-electron chi connectivity index (χ1n) is 6.25. The molecule has 0 aromatic rings. The number of hydrogen-bond acceptors (Lipinski definition) is 1. The SMILES string of the molecule is CCC1CC(C)(C)[C@H]2CC=CC[C@H]2C1=O.